The standard InChI is InChI=1S/C16H15BrClNO5S/c1-10-7-11(3-5-13(10)17)19(9-16(20)21)25(22,23)12-4-6-15(24-2)14(18)8-12/h3-8H,9H2,1-2H3,(H,20,21). The van der Waals surface area contributed by atoms with Gasteiger partial charge in [0.15, 0.2) is 0 Å². The summed E-state index contributed by atoms with van der Waals surface area (Å²) in [6, 6.07) is 8.76. The van der Waals surface area contributed by atoms with Gasteiger partial charge in [-0.05, 0) is 48.9 Å². The summed E-state index contributed by atoms with van der Waals surface area (Å²) < 4.78 is 32.6. The van der Waals surface area contributed by atoms with Gasteiger partial charge in [-0.2, -0.15) is 0 Å². The first-order valence-electron chi connectivity index (χ1n) is 7.01. The summed E-state index contributed by atoms with van der Waals surface area (Å²) in [4.78, 5) is 11.1. The molecule has 2 rings (SSSR count). The number of hydrogen-bond donors (Lipinski definition) is 1. The van der Waals surface area contributed by atoms with Crippen molar-refractivity contribution in [3.05, 3.63) is 51.5 Å². The lowest BCUT2D eigenvalue weighted by Crippen LogP contribution is -2.35. The molecule has 0 aliphatic carbocycles. The SMILES string of the molecule is COc1ccc(S(=O)(=O)N(CC(=O)O)c2ccc(Br)c(C)c2)cc1Cl. The predicted molar refractivity (Wildman–Crippen MR) is 99.1 cm³/mol. The summed E-state index contributed by atoms with van der Waals surface area (Å²) in [7, 11) is -2.72. The minimum atomic E-state index is -4.13. The van der Waals surface area contributed by atoms with E-state index in [0.717, 1.165) is 14.3 Å². The van der Waals surface area contributed by atoms with E-state index in [0.29, 0.717) is 5.75 Å². The Balaban J connectivity index is 2.57. The van der Waals surface area contributed by atoms with E-state index < -0.39 is 22.5 Å². The van der Waals surface area contributed by atoms with Gasteiger partial charge in [-0.1, -0.05) is 27.5 Å². The average molecular weight is 449 g/mol. The Morgan fingerprint density at radius 2 is 1.96 bits per heavy atom. The van der Waals surface area contributed by atoms with E-state index in [-0.39, 0.29) is 15.6 Å². The zero-order valence-corrected chi connectivity index (χ0v) is 16.5. The molecule has 0 saturated heterocycles. The molecule has 1 N–H and O–H groups in total. The summed E-state index contributed by atoms with van der Waals surface area (Å²) >= 11 is 9.34. The molecular weight excluding hydrogens is 434 g/mol. The van der Waals surface area contributed by atoms with Crippen LogP contribution in [-0.4, -0.2) is 33.1 Å². The fourth-order valence-electron chi connectivity index (χ4n) is 2.16. The zero-order valence-electron chi connectivity index (χ0n) is 13.4. The van der Waals surface area contributed by atoms with Crippen LogP contribution in [0.15, 0.2) is 45.8 Å². The molecule has 0 atom stereocenters. The van der Waals surface area contributed by atoms with E-state index in [2.05, 4.69) is 15.9 Å². The molecule has 0 aromatic heterocycles. The summed E-state index contributed by atoms with van der Waals surface area (Å²) in [5, 5.41) is 9.27. The number of aryl methyl sites for hydroxylation is 1. The Bertz CT molecular complexity index is 917. The summed E-state index contributed by atoms with van der Waals surface area (Å²) in [6.07, 6.45) is 0. The van der Waals surface area contributed by atoms with E-state index in [1.165, 1.54) is 31.4 Å². The second-order valence-corrected chi connectivity index (χ2v) is 8.26. The molecule has 0 spiro atoms. The molecule has 2 aromatic carbocycles. The molecule has 25 heavy (non-hydrogen) atoms. The molecule has 0 heterocycles. The van der Waals surface area contributed by atoms with Crippen LogP contribution in [0, 0.1) is 6.92 Å². The molecule has 6 nitrogen and oxygen atoms in total. The highest BCUT2D eigenvalue weighted by Gasteiger charge is 2.28. The summed E-state index contributed by atoms with van der Waals surface area (Å²) in [5.74, 6) is -0.950. The van der Waals surface area contributed by atoms with Crippen LogP contribution in [0.25, 0.3) is 0 Å². The lowest BCUT2D eigenvalue weighted by atomic mass is 10.2. The maximum absolute atomic E-state index is 13.0. The Kier molecular flexibility index (Phi) is 5.97. The Labute approximate surface area is 159 Å². The van der Waals surface area contributed by atoms with E-state index in [1.807, 2.05) is 0 Å². The van der Waals surface area contributed by atoms with Gasteiger partial charge in [0.05, 0.1) is 22.7 Å². The molecule has 0 unspecified atom stereocenters. The number of hydrogen-bond acceptors (Lipinski definition) is 4. The number of aliphatic carboxylic acids is 1. The molecule has 134 valence electrons. The molecule has 0 saturated carbocycles. The Hall–Kier alpha value is -1.77. The molecule has 0 aliphatic heterocycles. The zero-order chi connectivity index (χ0) is 18.8. The number of methoxy groups -OCH3 is 1. The third-order valence-electron chi connectivity index (χ3n) is 3.42. The first-order valence-corrected chi connectivity index (χ1v) is 9.62. The first kappa shape index (κ1) is 19.6. The number of carboxylic acid groups (broad SMARTS) is 1. The van der Waals surface area contributed by atoms with Gasteiger partial charge in [0.25, 0.3) is 10.0 Å². The fourth-order valence-corrected chi connectivity index (χ4v) is 4.16. The van der Waals surface area contributed by atoms with Crippen LogP contribution in [0.3, 0.4) is 0 Å². The van der Waals surface area contributed by atoms with Crippen molar-refractivity contribution in [2.24, 2.45) is 0 Å². The van der Waals surface area contributed by atoms with Crippen LogP contribution in [-0.2, 0) is 14.8 Å². The Morgan fingerprint density at radius 1 is 1.28 bits per heavy atom. The lowest BCUT2D eigenvalue weighted by Gasteiger charge is -2.23. The van der Waals surface area contributed by atoms with Crippen LogP contribution in [0.1, 0.15) is 5.56 Å². The maximum Gasteiger partial charge on any atom is 0.324 e. The van der Waals surface area contributed by atoms with E-state index in [4.69, 9.17) is 21.4 Å². The minimum Gasteiger partial charge on any atom is -0.495 e. The molecule has 0 radical (unpaired) electrons. The fraction of sp³-hybridized carbons (Fsp3) is 0.188. The van der Waals surface area contributed by atoms with Gasteiger partial charge in [-0.15, -0.1) is 0 Å². The van der Waals surface area contributed by atoms with Crippen molar-refractivity contribution in [1.82, 2.24) is 0 Å². The van der Waals surface area contributed by atoms with Gasteiger partial charge in [0, 0.05) is 4.47 Å². The third kappa shape index (κ3) is 4.26. The lowest BCUT2D eigenvalue weighted by molar-refractivity contribution is -0.135. The highest BCUT2D eigenvalue weighted by atomic mass is 79.9. The van der Waals surface area contributed by atoms with Gasteiger partial charge in [-0.3, -0.25) is 9.10 Å². The maximum atomic E-state index is 13.0. The third-order valence-corrected chi connectivity index (χ3v) is 6.37. The molecule has 0 aliphatic rings. The number of benzene rings is 2. The quantitative estimate of drug-likeness (QED) is 0.728. The van der Waals surface area contributed by atoms with E-state index in [1.54, 1.807) is 19.1 Å². The number of carbonyl (C=O) groups is 1. The van der Waals surface area contributed by atoms with Crippen molar-refractivity contribution < 1.29 is 23.1 Å². The van der Waals surface area contributed by atoms with E-state index >= 15 is 0 Å². The number of carboxylic acids is 1. The number of rotatable bonds is 6. The minimum absolute atomic E-state index is 0.117. The van der Waals surface area contributed by atoms with E-state index in [9.17, 15) is 13.2 Å². The first-order chi connectivity index (χ1) is 11.7. The van der Waals surface area contributed by atoms with Crippen molar-refractivity contribution in [2.45, 2.75) is 11.8 Å². The van der Waals surface area contributed by atoms with Crippen LogP contribution >= 0.6 is 27.5 Å². The van der Waals surface area contributed by atoms with Crippen molar-refractivity contribution in [3.8, 4) is 5.75 Å². The molecule has 0 fully saturated rings. The van der Waals surface area contributed by atoms with Crippen LogP contribution in [0.4, 0.5) is 5.69 Å². The number of halogens is 2. The van der Waals surface area contributed by atoms with Crippen molar-refractivity contribution in [1.29, 1.82) is 0 Å². The van der Waals surface area contributed by atoms with Gasteiger partial charge < -0.3 is 9.84 Å². The van der Waals surface area contributed by atoms with Crippen molar-refractivity contribution >= 4 is 49.2 Å². The van der Waals surface area contributed by atoms with Gasteiger partial charge in [0.2, 0.25) is 0 Å². The number of ether oxygens (including phenoxy) is 1. The van der Waals surface area contributed by atoms with Gasteiger partial charge in [-0.25, -0.2) is 8.42 Å². The van der Waals surface area contributed by atoms with Gasteiger partial charge >= 0.3 is 5.97 Å². The summed E-state index contributed by atoms with van der Waals surface area (Å²) in [6.45, 7) is 1.07. The Morgan fingerprint density at radius 3 is 2.48 bits per heavy atom. The van der Waals surface area contributed by atoms with Gasteiger partial charge in [0.1, 0.15) is 12.3 Å². The molecule has 9 heteroatoms. The van der Waals surface area contributed by atoms with Crippen molar-refractivity contribution in [3.63, 3.8) is 0 Å². The largest absolute Gasteiger partial charge is 0.495 e. The molecule has 0 amide bonds. The van der Waals surface area contributed by atoms with Crippen LogP contribution in [0.2, 0.25) is 5.02 Å². The van der Waals surface area contributed by atoms with Crippen molar-refractivity contribution in [2.75, 3.05) is 18.0 Å². The second kappa shape index (κ2) is 7.63. The molecule has 0 bridgehead atoms. The number of nitrogens with zero attached hydrogens (tertiary/aromatic N) is 1. The second-order valence-electron chi connectivity index (χ2n) is 5.14. The highest BCUT2D eigenvalue weighted by Crippen LogP contribution is 2.31. The smallest absolute Gasteiger partial charge is 0.324 e. The normalized spacial score (nSPS) is 11.2. The number of anilines is 1. The predicted octanol–water partition coefficient (Wildman–Crippen LogP) is 3.70. The van der Waals surface area contributed by atoms with Crippen LogP contribution < -0.4 is 9.04 Å². The molecule has 2 aromatic rings. The average Bonchev–Trinajstić information content (AvgIpc) is 2.55. The highest BCUT2D eigenvalue weighted by molar-refractivity contribution is 9.10. The van der Waals surface area contributed by atoms with Crippen LogP contribution in [0.5, 0.6) is 5.75 Å². The molecular formula is C16H15BrClNO5S. The topological polar surface area (TPSA) is 83.9 Å². The monoisotopic (exact) mass is 447 g/mol. The number of sulfonamides is 1. The summed E-state index contributed by atoms with van der Waals surface area (Å²) in [5.41, 5.74) is 1.02.